The van der Waals surface area contributed by atoms with E-state index in [9.17, 15) is 0 Å². The van der Waals surface area contributed by atoms with Gasteiger partial charge in [-0.3, -0.25) is 5.10 Å². The van der Waals surface area contributed by atoms with Crippen molar-refractivity contribution in [3.05, 3.63) is 36.5 Å². The Morgan fingerprint density at radius 3 is 3.08 bits per heavy atom. The van der Waals surface area contributed by atoms with Crippen LogP contribution in [0.5, 0.6) is 5.75 Å². The van der Waals surface area contributed by atoms with Crippen LogP contribution in [-0.4, -0.2) is 47.1 Å². The number of morpholine rings is 1. The van der Waals surface area contributed by atoms with Gasteiger partial charge in [-0.2, -0.15) is 5.10 Å². The largest absolute Gasteiger partial charge is 0.494 e. The lowest BCUT2D eigenvalue weighted by molar-refractivity contribution is 0.0989. The molecule has 4 heterocycles. The van der Waals surface area contributed by atoms with Crippen molar-refractivity contribution < 1.29 is 9.47 Å². The summed E-state index contributed by atoms with van der Waals surface area (Å²) in [5, 5.41) is 8.71. The summed E-state index contributed by atoms with van der Waals surface area (Å²) in [5.74, 6) is 1.87. The first-order valence-corrected chi connectivity index (χ1v) is 8.77. The fourth-order valence-corrected chi connectivity index (χ4v) is 3.87. The predicted molar refractivity (Wildman–Crippen MR) is 96.0 cm³/mol. The molecule has 6 nitrogen and oxygen atoms in total. The fraction of sp³-hybridized carbons (Fsp3) is 0.368. The second-order valence-electron chi connectivity index (χ2n) is 6.61. The highest BCUT2D eigenvalue weighted by Gasteiger charge is 2.39. The minimum atomic E-state index is 0.357. The molecule has 3 aromatic rings. The number of pyridine rings is 1. The lowest BCUT2D eigenvalue weighted by Gasteiger charge is -2.28. The van der Waals surface area contributed by atoms with Gasteiger partial charge >= 0.3 is 0 Å². The number of ether oxygens (including phenoxy) is 2. The third kappa shape index (κ3) is 2.44. The number of aromatic amines is 1. The number of hydrogen-bond acceptors (Lipinski definition) is 5. The second-order valence-corrected chi connectivity index (χ2v) is 6.61. The predicted octanol–water partition coefficient (Wildman–Crippen LogP) is 3.00. The van der Waals surface area contributed by atoms with Crippen LogP contribution in [0.25, 0.3) is 22.2 Å². The molecule has 128 valence electrons. The normalized spacial score (nSPS) is 22.0. The Morgan fingerprint density at radius 1 is 1.32 bits per heavy atom. The van der Waals surface area contributed by atoms with Gasteiger partial charge in [-0.25, -0.2) is 4.98 Å². The quantitative estimate of drug-likeness (QED) is 0.793. The van der Waals surface area contributed by atoms with Crippen molar-refractivity contribution in [1.82, 2.24) is 15.2 Å². The zero-order chi connectivity index (χ0) is 16.8. The smallest absolute Gasteiger partial charge is 0.129 e. The molecule has 25 heavy (non-hydrogen) atoms. The molecule has 2 aliphatic rings. The topological polar surface area (TPSA) is 63.3 Å². The zero-order valence-corrected chi connectivity index (χ0v) is 14.1. The first-order chi connectivity index (χ1) is 12.3. The summed E-state index contributed by atoms with van der Waals surface area (Å²) in [6, 6.07) is 10.6. The molecule has 0 radical (unpaired) electrons. The fourth-order valence-electron chi connectivity index (χ4n) is 3.87. The van der Waals surface area contributed by atoms with Crippen LogP contribution in [0.3, 0.4) is 0 Å². The maximum absolute atomic E-state index is 5.70. The van der Waals surface area contributed by atoms with Gasteiger partial charge in [0.05, 0.1) is 30.9 Å². The maximum Gasteiger partial charge on any atom is 0.129 e. The van der Waals surface area contributed by atoms with Crippen LogP contribution >= 0.6 is 0 Å². The Balaban J connectivity index is 1.54. The van der Waals surface area contributed by atoms with E-state index in [4.69, 9.17) is 9.47 Å². The van der Waals surface area contributed by atoms with Crippen molar-refractivity contribution in [2.24, 2.45) is 0 Å². The first kappa shape index (κ1) is 14.7. The molecular weight excluding hydrogens is 316 g/mol. The lowest BCUT2D eigenvalue weighted by atomic mass is 10.1. The molecule has 0 aliphatic carbocycles. The van der Waals surface area contributed by atoms with Crippen molar-refractivity contribution in [3.8, 4) is 17.0 Å². The van der Waals surface area contributed by atoms with Crippen molar-refractivity contribution in [2.45, 2.75) is 25.5 Å². The van der Waals surface area contributed by atoms with Gasteiger partial charge in [0.25, 0.3) is 0 Å². The summed E-state index contributed by atoms with van der Waals surface area (Å²) in [4.78, 5) is 6.94. The van der Waals surface area contributed by atoms with Crippen LogP contribution in [0.1, 0.15) is 13.3 Å². The van der Waals surface area contributed by atoms with Crippen LogP contribution in [-0.2, 0) is 4.74 Å². The Labute approximate surface area is 145 Å². The number of rotatable bonds is 4. The van der Waals surface area contributed by atoms with E-state index in [1.165, 1.54) is 0 Å². The summed E-state index contributed by atoms with van der Waals surface area (Å²) in [6.45, 7) is 4.37. The Kier molecular flexibility index (Phi) is 3.38. The molecule has 6 heteroatoms. The molecule has 2 aromatic heterocycles. The molecule has 2 fully saturated rings. The number of nitrogens with one attached hydrogen (secondary N) is 1. The van der Waals surface area contributed by atoms with Gasteiger partial charge < -0.3 is 14.4 Å². The van der Waals surface area contributed by atoms with E-state index in [1.54, 1.807) is 0 Å². The van der Waals surface area contributed by atoms with Gasteiger partial charge in [0, 0.05) is 23.7 Å². The van der Waals surface area contributed by atoms with Crippen molar-refractivity contribution >= 4 is 16.7 Å². The molecule has 0 unspecified atom stereocenters. The molecule has 0 saturated carbocycles. The monoisotopic (exact) mass is 336 g/mol. The molecule has 2 bridgehead atoms. The van der Waals surface area contributed by atoms with Crippen molar-refractivity contribution in [1.29, 1.82) is 0 Å². The Bertz CT molecular complexity index is 923. The molecule has 0 amide bonds. The van der Waals surface area contributed by atoms with Gasteiger partial charge in [-0.15, -0.1) is 0 Å². The van der Waals surface area contributed by atoms with Crippen LogP contribution in [0, 0.1) is 0 Å². The zero-order valence-electron chi connectivity index (χ0n) is 14.1. The summed E-state index contributed by atoms with van der Waals surface area (Å²) < 4.78 is 11.3. The third-order valence-electron chi connectivity index (χ3n) is 5.06. The van der Waals surface area contributed by atoms with Crippen LogP contribution in [0.15, 0.2) is 36.5 Å². The van der Waals surface area contributed by atoms with Gasteiger partial charge in [-0.1, -0.05) is 0 Å². The Hall–Kier alpha value is -2.60. The van der Waals surface area contributed by atoms with E-state index in [-0.39, 0.29) is 0 Å². The van der Waals surface area contributed by atoms with Crippen LogP contribution < -0.4 is 9.64 Å². The molecule has 1 aromatic carbocycles. The van der Waals surface area contributed by atoms with Crippen LogP contribution in [0.4, 0.5) is 5.82 Å². The number of nitrogens with zero attached hydrogens (tertiary/aromatic N) is 3. The Morgan fingerprint density at radius 2 is 2.28 bits per heavy atom. The maximum atomic E-state index is 5.70. The van der Waals surface area contributed by atoms with Crippen LogP contribution in [0.2, 0.25) is 0 Å². The first-order valence-electron chi connectivity index (χ1n) is 8.77. The molecular formula is C19H20N4O2. The van der Waals surface area contributed by atoms with E-state index in [1.807, 2.05) is 37.4 Å². The van der Waals surface area contributed by atoms with Crippen molar-refractivity contribution in [3.63, 3.8) is 0 Å². The molecule has 0 spiro atoms. The highest BCUT2D eigenvalue weighted by Crippen LogP contribution is 2.34. The number of aromatic nitrogens is 3. The minimum absolute atomic E-state index is 0.357. The average molecular weight is 336 g/mol. The third-order valence-corrected chi connectivity index (χ3v) is 5.06. The van der Waals surface area contributed by atoms with Crippen molar-refractivity contribution in [2.75, 3.05) is 24.7 Å². The lowest BCUT2D eigenvalue weighted by Crippen LogP contribution is -2.37. The number of anilines is 1. The minimum Gasteiger partial charge on any atom is -0.494 e. The summed E-state index contributed by atoms with van der Waals surface area (Å²) >= 11 is 0. The van der Waals surface area contributed by atoms with E-state index in [0.29, 0.717) is 18.8 Å². The van der Waals surface area contributed by atoms with E-state index in [0.717, 1.165) is 53.3 Å². The number of hydrogen-bond donors (Lipinski definition) is 1. The molecule has 2 aliphatic heterocycles. The molecule has 2 atom stereocenters. The second kappa shape index (κ2) is 5.74. The number of benzene rings is 1. The summed E-state index contributed by atoms with van der Waals surface area (Å²) in [5.41, 5.74) is 3.00. The summed E-state index contributed by atoms with van der Waals surface area (Å²) in [7, 11) is 0. The van der Waals surface area contributed by atoms with E-state index < -0.39 is 0 Å². The average Bonchev–Trinajstić information content (AvgIpc) is 3.37. The molecule has 5 rings (SSSR count). The number of fused-ring (bicyclic) bond motifs is 3. The standard InChI is InChI=1S/C19H20N4O2/c1-2-24-14-3-4-17-16(9-14)19(22-21-17)12-5-6-20-18(7-12)23-10-15-8-13(23)11-25-15/h3-7,9,13,15H,2,8,10-11H2,1H3,(H,21,22)/t13-,15-/m1/s1. The highest BCUT2D eigenvalue weighted by atomic mass is 16.5. The van der Waals surface area contributed by atoms with E-state index in [2.05, 4.69) is 26.1 Å². The number of H-pyrrole nitrogens is 1. The van der Waals surface area contributed by atoms with Gasteiger partial charge in [0.2, 0.25) is 0 Å². The van der Waals surface area contributed by atoms with Gasteiger partial charge in [0.1, 0.15) is 17.3 Å². The van der Waals surface area contributed by atoms with E-state index >= 15 is 0 Å². The summed E-state index contributed by atoms with van der Waals surface area (Å²) in [6.07, 6.45) is 3.33. The highest BCUT2D eigenvalue weighted by molar-refractivity contribution is 5.94. The molecule has 1 N–H and O–H groups in total. The van der Waals surface area contributed by atoms with Gasteiger partial charge in [0.15, 0.2) is 0 Å². The van der Waals surface area contributed by atoms with Gasteiger partial charge in [-0.05, 0) is 43.7 Å². The SMILES string of the molecule is CCOc1ccc2[nH]nc(-c3ccnc(N4C[C@H]5C[C@@H]4CO5)c3)c2c1. The molecule has 2 saturated heterocycles.